The Kier molecular flexibility index (Phi) is 3.00. The Bertz CT molecular complexity index is 36.9. The van der Waals surface area contributed by atoms with Crippen molar-refractivity contribution in [1.29, 1.82) is 0 Å². The van der Waals surface area contributed by atoms with Crippen LogP contribution in [0.5, 0.6) is 0 Å². The van der Waals surface area contributed by atoms with Crippen molar-refractivity contribution in [2.45, 2.75) is 0 Å². The predicted molar refractivity (Wildman–Crippen MR) is 17.7 cm³/mol. The van der Waals surface area contributed by atoms with Crippen LogP contribution in [0.25, 0.3) is 0 Å². The van der Waals surface area contributed by atoms with Gasteiger partial charge in [-0.15, -0.1) is 0 Å². The maximum atomic E-state index is 9.11. The van der Waals surface area contributed by atoms with Gasteiger partial charge in [0.1, 0.15) is 0 Å². The Labute approximate surface area is 30.7 Å². The molecule has 0 spiro atoms. The van der Waals surface area contributed by atoms with Crippen molar-refractivity contribution in [2.75, 3.05) is 0 Å². The molecule has 0 saturated carbocycles. The van der Waals surface area contributed by atoms with E-state index in [0.29, 0.717) is 7.35 Å². The van der Waals surface area contributed by atoms with E-state index in [0.717, 1.165) is 6.26 Å². The summed E-state index contributed by atoms with van der Waals surface area (Å²) in [7, 11) is 0.312. The fourth-order valence-corrected chi connectivity index (χ4v) is 0.0393. The molecule has 0 saturated heterocycles. The molecule has 0 unspecified atom stereocenters. The maximum absolute atomic E-state index is 9.11. The molecule has 0 aliphatic heterocycles. The summed E-state index contributed by atoms with van der Waals surface area (Å²) < 4.78 is 13.0. The fraction of sp³-hybridized carbons (Fsp3) is 0. The van der Waals surface area contributed by atoms with E-state index in [1.165, 1.54) is 0 Å². The Morgan fingerprint density at radius 1 is 2.00 bits per heavy atom. The van der Waals surface area contributed by atoms with Gasteiger partial charge in [-0.2, -0.15) is 0 Å². The van der Waals surface area contributed by atoms with Gasteiger partial charge >= 0.3 is 29.6 Å². The second kappa shape index (κ2) is 3.40. The Balaban J connectivity index is 2.65. The molecular weight excluding hydrogens is 66.8 g/mol. The molecule has 0 aromatic heterocycles. The van der Waals surface area contributed by atoms with Crippen LogP contribution in [0.4, 0.5) is 0 Å². The second-order valence-electron chi connectivity index (χ2n) is 0.399. The van der Waals surface area contributed by atoms with Crippen LogP contribution in [-0.2, 0) is 9.36 Å². The van der Waals surface area contributed by atoms with Gasteiger partial charge in [-0.25, -0.2) is 0 Å². The summed E-state index contributed by atoms with van der Waals surface area (Å²) in [5.41, 5.74) is 0. The average molecular weight is 69.9 g/mol. The fourth-order valence-electron chi connectivity index (χ4n) is 0.0393. The van der Waals surface area contributed by atoms with E-state index < -0.39 is 0 Å². The zero-order chi connectivity index (χ0) is 4.12. The molecule has 2 nitrogen and oxygen atoms in total. The van der Waals surface area contributed by atoms with Crippen LogP contribution in [0.15, 0.2) is 12.8 Å². The standard InChI is InChI=1S/C2H3BO2/c1-2-5-3-4/h2H,1H2. The molecule has 0 atom stereocenters. The van der Waals surface area contributed by atoms with Gasteiger partial charge in [0.15, 0.2) is 0 Å². The van der Waals surface area contributed by atoms with Crippen LogP contribution < -0.4 is 0 Å². The topological polar surface area (TPSA) is 26.3 Å². The monoisotopic (exact) mass is 70.0 g/mol. The van der Waals surface area contributed by atoms with Gasteiger partial charge in [-0.1, -0.05) is 0 Å². The van der Waals surface area contributed by atoms with Crippen molar-refractivity contribution in [2.24, 2.45) is 0 Å². The average Bonchev–Trinajstić information content (AvgIpc) is 1.41. The summed E-state index contributed by atoms with van der Waals surface area (Å²) >= 11 is 0. The summed E-state index contributed by atoms with van der Waals surface area (Å²) in [6, 6.07) is 0. The van der Waals surface area contributed by atoms with Gasteiger partial charge in [-0.3, -0.25) is 0 Å². The van der Waals surface area contributed by atoms with E-state index in [9.17, 15) is 0 Å². The first-order valence-corrected chi connectivity index (χ1v) is 1.12. The second-order valence-corrected chi connectivity index (χ2v) is 0.399. The molecule has 0 N–H and O–H groups in total. The number of hydrogen-bond donors (Lipinski definition) is 0. The molecule has 0 aliphatic rings. The van der Waals surface area contributed by atoms with Crippen molar-refractivity contribution in [3.63, 3.8) is 0 Å². The van der Waals surface area contributed by atoms with E-state index in [1.807, 2.05) is 0 Å². The zero-order valence-electron chi connectivity index (χ0n) is 2.68. The van der Waals surface area contributed by atoms with Crippen LogP contribution in [0.3, 0.4) is 0 Å². The van der Waals surface area contributed by atoms with Crippen LogP contribution in [0, 0.1) is 0 Å². The Hall–Kier alpha value is -0.595. The Morgan fingerprint density at radius 3 is 2.60 bits per heavy atom. The Morgan fingerprint density at radius 2 is 2.60 bits per heavy atom. The first kappa shape index (κ1) is 4.40. The van der Waals surface area contributed by atoms with Crippen LogP contribution >= 0.6 is 0 Å². The van der Waals surface area contributed by atoms with Crippen molar-refractivity contribution in [3.05, 3.63) is 12.8 Å². The molecular formula is C2H3BO2. The normalized spacial score (nSPS) is 4.80. The molecule has 0 fully saturated rings. The summed E-state index contributed by atoms with van der Waals surface area (Å²) in [5, 5.41) is 0. The molecule has 0 aromatic carbocycles. The molecule has 0 aliphatic carbocycles. The van der Waals surface area contributed by atoms with E-state index in [4.69, 9.17) is 4.70 Å². The number of hydrogen-bond acceptors (Lipinski definition) is 2. The zero-order valence-corrected chi connectivity index (χ0v) is 2.68. The molecule has 0 aromatic rings. The third kappa shape index (κ3) is 3.40. The van der Waals surface area contributed by atoms with Crippen molar-refractivity contribution in [1.82, 2.24) is 0 Å². The predicted octanol–water partition coefficient (Wildman–Crippen LogP) is 0.111. The molecule has 26 valence electrons. The van der Waals surface area contributed by atoms with Crippen molar-refractivity contribution < 1.29 is 9.36 Å². The van der Waals surface area contributed by atoms with Gasteiger partial charge in [0.05, 0.1) is 0 Å². The van der Waals surface area contributed by atoms with Crippen molar-refractivity contribution >= 4 is 7.35 Å². The molecule has 0 amide bonds. The van der Waals surface area contributed by atoms with Gasteiger partial charge in [-0.05, 0) is 0 Å². The number of rotatable bonds is 2. The van der Waals surface area contributed by atoms with Gasteiger partial charge in [0, 0.05) is 0 Å². The third-order valence-electron chi connectivity index (χ3n) is 0.152. The molecule has 3 heteroatoms. The first-order valence-electron chi connectivity index (χ1n) is 1.12. The van der Waals surface area contributed by atoms with Crippen LogP contribution in [-0.4, -0.2) is 7.35 Å². The van der Waals surface area contributed by atoms with Crippen molar-refractivity contribution in [3.8, 4) is 0 Å². The van der Waals surface area contributed by atoms with Crippen LogP contribution in [0.2, 0.25) is 0 Å². The first-order chi connectivity index (χ1) is 2.41. The molecule has 5 heavy (non-hydrogen) atoms. The molecule has 0 heterocycles. The minimum atomic E-state index is 0.312. The van der Waals surface area contributed by atoms with Gasteiger partial charge < -0.3 is 0 Å². The molecule has 0 radical (unpaired) electrons. The van der Waals surface area contributed by atoms with Gasteiger partial charge in [0.2, 0.25) is 0 Å². The van der Waals surface area contributed by atoms with E-state index in [-0.39, 0.29) is 0 Å². The van der Waals surface area contributed by atoms with E-state index in [1.54, 1.807) is 0 Å². The summed E-state index contributed by atoms with van der Waals surface area (Å²) in [4.78, 5) is 0. The molecule has 0 rings (SSSR count). The molecule has 0 bridgehead atoms. The van der Waals surface area contributed by atoms with E-state index >= 15 is 0 Å². The SMILES string of the molecule is C=COB=O. The summed E-state index contributed by atoms with van der Waals surface area (Å²) in [6.45, 7) is 3.10. The van der Waals surface area contributed by atoms with Gasteiger partial charge in [0.25, 0.3) is 0 Å². The minimum absolute atomic E-state index is 0.312. The van der Waals surface area contributed by atoms with Crippen LogP contribution in [0.1, 0.15) is 0 Å². The van der Waals surface area contributed by atoms with E-state index in [2.05, 4.69) is 11.2 Å². The summed E-state index contributed by atoms with van der Waals surface area (Å²) in [5.74, 6) is 0. The summed E-state index contributed by atoms with van der Waals surface area (Å²) in [6.07, 6.45) is 1.06. The quantitative estimate of drug-likeness (QED) is 0.340. The third-order valence-corrected chi connectivity index (χ3v) is 0.152.